The lowest BCUT2D eigenvalue weighted by Gasteiger charge is -2.37. The van der Waals surface area contributed by atoms with Gasteiger partial charge in [-0.3, -0.25) is 0 Å². The first-order chi connectivity index (χ1) is 9.74. The summed E-state index contributed by atoms with van der Waals surface area (Å²) < 4.78 is 11.5. The maximum Gasteiger partial charge on any atom is 0.203 e. The molecule has 2 aliphatic heterocycles. The van der Waals surface area contributed by atoms with E-state index in [2.05, 4.69) is 14.9 Å². The zero-order chi connectivity index (χ0) is 13.6. The number of nitrogens with one attached hydrogen (secondary N) is 1. The van der Waals surface area contributed by atoms with Crippen LogP contribution in [0.4, 0.5) is 11.6 Å². The topological polar surface area (TPSA) is 76.4 Å². The molecular weight excluding hydrogens is 256 g/mol. The minimum atomic E-state index is -0.340. The van der Waals surface area contributed by atoms with Gasteiger partial charge in [-0.1, -0.05) is 0 Å². The van der Waals surface area contributed by atoms with Gasteiger partial charge in [-0.15, -0.1) is 0 Å². The molecule has 2 aliphatic rings. The van der Waals surface area contributed by atoms with Crippen molar-refractivity contribution in [3.63, 3.8) is 0 Å². The number of aromatic nitrogens is 2. The number of H-pyrrole nitrogens is 1. The molecule has 3 N–H and O–H groups in total. The lowest BCUT2D eigenvalue weighted by atomic mass is 10.0. The molecule has 20 heavy (non-hydrogen) atoms. The summed E-state index contributed by atoms with van der Waals surface area (Å²) in [5.74, 6) is 0.561. The molecule has 2 aromatic rings. The minimum absolute atomic E-state index is 0.340. The van der Waals surface area contributed by atoms with Gasteiger partial charge in [-0.05, 0) is 18.2 Å². The fourth-order valence-electron chi connectivity index (χ4n) is 3.00. The number of imidazole rings is 1. The third-order valence-electron chi connectivity index (χ3n) is 4.13. The first kappa shape index (κ1) is 12.0. The second-order valence-corrected chi connectivity index (χ2v) is 5.43. The Bertz CT molecular complexity index is 623. The van der Waals surface area contributed by atoms with Crippen LogP contribution in [0.3, 0.4) is 0 Å². The van der Waals surface area contributed by atoms with Crippen molar-refractivity contribution in [3.05, 3.63) is 18.2 Å². The van der Waals surface area contributed by atoms with Crippen LogP contribution >= 0.6 is 0 Å². The molecular formula is C14H18N4O2. The van der Waals surface area contributed by atoms with Crippen LogP contribution < -0.4 is 10.6 Å². The molecule has 106 valence electrons. The van der Waals surface area contributed by atoms with E-state index in [4.69, 9.17) is 15.2 Å². The second-order valence-electron chi connectivity index (χ2n) is 5.43. The SMILES string of the molecule is Nc1ccc2[nH]c(N3CCC4(CC3)OCCO4)nc2c1. The molecule has 6 heteroatoms. The Morgan fingerprint density at radius 2 is 1.95 bits per heavy atom. The maximum atomic E-state index is 5.79. The molecule has 2 saturated heterocycles. The third kappa shape index (κ3) is 1.92. The van der Waals surface area contributed by atoms with Crippen molar-refractivity contribution in [2.75, 3.05) is 36.9 Å². The summed E-state index contributed by atoms with van der Waals surface area (Å²) in [6.07, 6.45) is 1.76. The number of nitrogen functional groups attached to an aromatic ring is 1. The lowest BCUT2D eigenvalue weighted by Crippen LogP contribution is -2.45. The van der Waals surface area contributed by atoms with Gasteiger partial charge in [-0.2, -0.15) is 0 Å². The normalized spacial score (nSPS) is 21.9. The van der Waals surface area contributed by atoms with E-state index in [-0.39, 0.29) is 5.79 Å². The molecule has 0 aliphatic carbocycles. The third-order valence-corrected chi connectivity index (χ3v) is 4.13. The molecule has 0 radical (unpaired) electrons. The summed E-state index contributed by atoms with van der Waals surface area (Å²) in [6, 6.07) is 5.75. The highest BCUT2D eigenvalue weighted by Crippen LogP contribution is 2.33. The first-order valence-electron chi connectivity index (χ1n) is 7.02. The number of rotatable bonds is 1. The summed E-state index contributed by atoms with van der Waals surface area (Å²) in [7, 11) is 0. The largest absolute Gasteiger partial charge is 0.399 e. The van der Waals surface area contributed by atoms with Crippen molar-refractivity contribution >= 4 is 22.7 Å². The van der Waals surface area contributed by atoms with Crippen molar-refractivity contribution in [2.45, 2.75) is 18.6 Å². The van der Waals surface area contributed by atoms with Gasteiger partial charge in [0, 0.05) is 31.6 Å². The Morgan fingerprint density at radius 3 is 2.70 bits per heavy atom. The number of piperidine rings is 1. The molecule has 1 spiro atoms. The lowest BCUT2D eigenvalue weighted by molar-refractivity contribution is -0.169. The Labute approximate surface area is 116 Å². The molecule has 0 amide bonds. The quantitative estimate of drug-likeness (QED) is 0.770. The van der Waals surface area contributed by atoms with Gasteiger partial charge in [0.15, 0.2) is 5.79 Å². The van der Waals surface area contributed by atoms with Crippen molar-refractivity contribution in [2.24, 2.45) is 0 Å². The smallest absolute Gasteiger partial charge is 0.203 e. The van der Waals surface area contributed by atoms with E-state index in [9.17, 15) is 0 Å². The van der Waals surface area contributed by atoms with E-state index in [1.807, 2.05) is 18.2 Å². The number of hydrogen-bond acceptors (Lipinski definition) is 5. The fraction of sp³-hybridized carbons (Fsp3) is 0.500. The Hall–Kier alpha value is -1.79. The minimum Gasteiger partial charge on any atom is -0.399 e. The summed E-state index contributed by atoms with van der Waals surface area (Å²) in [6.45, 7) is 3.19. The van der Waals surface area contributed by atoms with Gasteiger partial charge in [0.25, 0.3) is 0 Å². The average Bonchev–Trinajstić information content (AvgIpc) is 3.06. The van der Waals surface area contributed by atoms with Crippen molar-refractivity contribution in [1.29, 1.82) is 0 Å². The molecule has 1 aromatic heterocycles. The average molecular weight is 274 g/mol. The monoisotopic (exact) mass is 274 g/mol. The number of aromatic amines is 1. The van der Waals surface area contributed by atoms with Gasteiger partial charge < -0.3 is 25.1 Å². The molecule has 0 unspecified atom stereocenters. The van der Waals surface area contributed by atoms with E-state index >= 15 is 0 Å². The predicted molar refractivity (Wildman–Crippen MR) is 76.6 cm³/mol. The number of nitrogens with two attached hydrogens (primary N) is 1. The van der Waals surface area contributed by atoms with Gasteiger partial charge in [0.2, 0.25) is 5.95 Å². The standard InChI is InChI=1S/C14H18N4O2/c15-10-1-2-11-12(9-10)17-13(16-11)18-5-3-14(4-6-18)19-7-8-20-14/h1-2,9H,3-8,15H2,(H,16,17). The van der Waals surface area contributed by atoms with Crippen molar-refractivity contribution in [3.8, 4) is 0 Å². The zero-order valence-corrected chi connectivity index (χ0v) is 11.3. The van der Waals surface area contributed by atoms with E-state index in [0.29, 0.717) is 13.2 Å². The van der Waals surface area contributed by atoms with E-state index in [1.54, 1.807) is 0 Å². The Balaban J connectivity index is 1.55. The van der Waals surface area contributed by atoms with Crippen LogP contribution in [0.15, 0.2) is 18.2 Å². The zero-order valence-electron chi connectivity index (χ0n) is 11.3. The number of anilines is 2. The second kappa shape index (κ2) is 4.36. The maximum absolute atomic E-state index is 5.79. The van der Waals surface area contributed by atoms with Gasteiger partial charge in [0.1, 0.15) is 0 Å². The molecule has 0 atom stereocenters. The Morgan fingerprint density at radius 1 is 1.20 bits per heavy atom. The van der Waals surface area contributed by atoms with Crippen LogP contribution in [0, 0.1) is 0 Å². The number of benzene rings is 1. The van der Waals surface area contributed by atoms with Crippen LogP contribution in [-0.4, -0.2) is 42.1 Å². The highest BCUT2D eigenvalue weighted by atomic mass is 16.7. The van der Waals surface area contributed by atoms with Crippen LogP contribution in [-0.2, 0) is 9.47 Å². The molecule has 3 heterocycles. The van der Waals surface area contributed by atoms with Crippen LogP contribution in [0.2, 0.25) is 0 Å². The number of hydrogen-bond donors (Lipinski definition) is 2. The van der Waals surface area contributed by atoms with Gasteiger partial charge >= 0.3 is 0 Å². The number of fused-ring (bicyclic) bond motifs is 1. The highest BCUT2D eigenvalue weighted by Gasteiger charge is 2.40. The summed E-state index contributed by atoms with van der Waals surface area (Å²) >= 11 is 0. The van der Waals surface area contributed by atoms with Gasteiger partial charge in [-0.25, -0.2) is 4.98 Å². The van der Waals surface area contributed by atoms with Crippen LogP contribution in [0.5, 0.6) is 0 Å². The van der Waals surface area contributed by atoms with Gasteiger partial charge in [0.05, 0.1) is 24.2 Å². The van der Waals surface area contributed by atoms with Crippen LogP contribution in [0.1, 0.15) is 12.8 Å². The summed E-state index contributed by atoms with van der Waals surface area (Å²) in [4.78, 5) is 10.2. The number of nitrogens with zero attached hydrogens (tertiary/aromatic N) is 2. The summed E-state index contributed by atoms with van der Waals surface area (Å²) in [5.41, 5.74) is 8.45. The van der Waals surface area contributed by atoms with E-state index in [1.165, 1.54) is 0 Å². The molecule has 0 bridgehead atoms. The fourth-order valence-corrected chi connectivity index (χ4v) is 3.00. The molecule has 6 nitrogen and oxygen atoms in total. The summed E-state index contributed by atoms with van der Waals surface area (Å²) in [5, 5.41) is 0. The number of ether oxygens (including phenoxy) is 2. The predicted octanol–water partition coefficient (Wildman–Crippen LogP) is 1.49. The highest BCUT2D eigenvalue weighted by molar-refractivity contribution is 5.80. The van der Waals surface area contributed by atoms with E-state index in [0.717, 1.165) is 48.6 Å². The van der Waals surface area contributed by atoms with Crippen LogP contribution in [0.25, 0.3) is 11.0 Å². The van der Waals surface area contributed by atoms with Crippen molar-refractivity contribution < 1.29 is 9.47 Å². The van der Waals surface area contributed by atoms with Crippen molar-refractivity contribution in [1.82, 2.24) is 9.97 Å². The Kier molecular flexibility index (Phi) is 2.61. The molecule has 0 saturated carbocycles. The first-order valence-corrected chi connectivity index (χ1v) is 7.02. The molecule has 1 aromatic carbocycles. The molecule has 2 fully saturated rings. The molecule has 4 rings (SSSR count). The van der Waals surface area contributed by atoms with E-state index < -0.39 is 0 Å².